The summed E-state index contributed by atoms with van der Waals surface area (Å²) in [4.78, 5) is 23.4. The molecule has 0 spiro atoms. The molecule has 3 rings (SSSR count). The molecule has 0 saturated heterocycles. The number of aromatic nitrogens is 2. The summed E-state index contributed by atoms with van der Waals surface area (Å²) in [6, 6.07) is 20.7. The molecule has 0 unspecified atom stereocenters. The standard InChI is InChI=1S/C26H32N4O2.O2S/c1-20(2)30(16-10-11-17-32-19-24(31)27-3)23-18-28-25(21-12-6-4-7-13-21)26(29-23)22-14-8-5-9-15-22;1-3-2/h4-9,12-15,18,20H,10-11,16-17,19H2,1-3H3,(H,27,31);. The molecular weight excluding hydrogens is 464 g/mol. The van der Waals surface area contributed by atoms with Gasteiger partial charge in [0.05, 0.1) is 17.6 Å². The van der Waals surface area contributed by atoms with Crippen molar-refractivity contribution < 1.29 is 17.9 Å². The maximum Gasteiger partial charge on any atom is 0.335 e. The Morgan fingerprint density at radius 2 is 1.54 bits per heavy atom. The molecule has 0 saturated carbocycles. The third-order valence-electron chi connectivity index (χ3n) is 5.22. The number of hydrogen-bond acceptors (Lipinski definition) is 7. The van der Waals surface area contributed by atoms with Gasteiger partial charge in [-0.2, -0.15) is 8.42 Å². The van der Waals surface area contributed by atoms with Crippen molar-refractivity contribution in [3.8, 4) is 22.5 Å². The Morgan fingerprint density at radius 3 is 2.09 bits per heavy atom. The molecule has 0 aliphatic rings. The fourth-order valence-electron chi connectivity index (χ4n) is 3.48. The molecule has 1 aromatic heterocycles. The van der Waals surface area contributed by atoms with Crippen LogP contribution in [0.2, 0.25) is 0 Å². The zero-order valence-electron chi connectivity index (χ0n) is 20.3. The Labute approximate surface area is 210 Å². The van der Waals surface area contributed by atoms with Gasteiger partial charge in [0.2, 0.25) is 5.91 Å². The van der Waals surface area contributed by atoms with Gasteiger partial charge in [-0.15, -0.1) is 0 Å². The molecule has 1 heterocycles. The summed E-state index contributed by atoms with van der Waals surface area (Å²) in [5.41, 5.74) is 3.86. The quantitative estimate of drug-likeness (QED) is 0.402. The highest BCUT2D eigenvalue weighted by Gasteiger charge is 2.17. The molecule has 0 aliphatic heterocycles. The molecule has 0 radical (unpaired) electrons. The number of rotatable bonds is 11. The Morgan fingerprint density at radius 1 is 0.971 bits per heavy atom. The number of benzene rings is 2. The minimum atomic E-state index is -0.750. The van der Waals surface area contributed by atoms with Crippen molar-refractivity contribution in [2.45, 2.75) is 32.7 Å². The molecule has 8 nitrogen and oxygen atoms in total. The lowest BCUT2D eigenvalue weighted by atomic mass is 10.0. The maximum absolute atomic E-state index is 11.2. The third-order valence-corrected chi connectivity index (χ3v) is 5.22. The second-order valence-electron chi connectivity index (χ2n) is 7.95. The van der Waals surface area contributed by atoms with Crippen molar-refractivity contribution in [1.29, 1.82) is 0 Å². The zero-order valence-corrected chi connectivity index (χ0v) is 21.2. The molecule has 1 amide bonds. The van der Waals surface area contributed by atoms with Crippen molar-refractivity contribution in [2.75, 3.05) is 31.7 Å². The van der Waals surface area contributed by atoms with E-state index in [2.05, 4.69) is 48.3 Å². The summed E-state index contributed by atoms with van der Waals surface area (Å²) in [6.07, 6.45) is 3.69. The molecule has 3 aromatic rings. The van der Waals surface area contributed by atoms with E-state index in [1.54, 1.807) is 7.05 Å². The Hall–Kier alpha value is -3.43. The fourth-order valence-corrected chi connectivity index (χ4v) is 3.48. The van der Waals surface area contributed by atoms with Crippen LogP contribution in [0.5, 0.6) is 0 Å². The van der Waals surface area contributed by atoms with Gasteiger partial charge in [0, 0.05) is 37.4 Å². The first-order chi connectivity index (χ1) is 17.0. The highest BCUT2D eigenvalue weighted by molar-refractivity contribution is 7.51. The average molecular weight is 497 g/mol. The van der Waals surface area contributed by atoms with Gasteiger partial charge in [-0.1, -0.05) is 60.7 Å². The Balaban J connectivity index is 0.00000137. The normalized spacial score (nSPS) is 10.3. The predicted octanol–water partition coefficient (Wildman–Crippen LogP) is 3.90. The number of unbranched alkanes of at least 4 members (excludes halogenated alkanes) is 1. The average Bonchev–Trinajstić information content (AvgIpc) is 2.89. The van der Waals surface area contributed by atoms with Crippen LogP contribution in [0, 0.1) is 0 Å². The van der Waals surface area contributed by atoms with E-state index in [0.717, 1.165) is 47.7 Å². The van der Waals surface area contributed by atoms with E-state index in [1.807, 2.05) is 42.6 Å². The number of carbonyl (C=O) groups excluding carboxylic acids is 1. The zero-order chi connectivity index (χ0) is 25.5. The van der Waals surface area contributed by atoms with E-state index in [0.29, 0.717) is 6.61 Å². The summed E-state index contributed by atoms with van der Waals surface area (Å²) < 4.78 is 22.0. The third kappa shape index (κ3) is 9.03. The van der Waals surface area contributed by atoms with Crippen LogP contribution in [-0.4, -0.2) is 57.1 Å². The Bertz CT molecular complexity index is 1080. The van der Waals surface area contributed by atoms with Crippen LogP contribution in [-0.2, 0) is 21.1 Å². The van der Waals surface area contributed by atoms with E-state index in [-0.39, 0.29) is 18.6 Å². The first kappa shape index (κ1) is 27.8. The highest BCUT2D eigenvalue weighted by atomic mass is 32.1. The van der Waals surface area contributed by atoms with Gasteiger partial charge in [0.15, 0.2) is 0 Å². The van der Waals surface area contributed by atoms with E-state index < -0.39 is 11.6 Å². The number of carbonyl (C=O) groups is 1. The van der Waals surface area contributed by atoms with Gasteiger partial charge < -0.3 is 15.0 Å². The summed E-state index contributed by atoms with van der Waals surface area (Å²) >= 11 is -0.750. The number of likely N-dealkylation sites (N-methyl/N-ethyl adjacent to an activating group) is 1. The summed E-state index contributed by atoms with van der Waals surface area (Å²) in [7, 11) is 1.61. The van der Waals surface area contributed by atoms with Crippen LogP contribution in [0.4, 0.5) is 5.82 Å². The van der Waals surface area contributed by atoms with Crippen LogP contribution >= 0.6 is 0 Å². The largest absolute Gasteiger partial charge is 0.372 e. The monoisotopic (exact) mass is 496 g/mol. The van der Waals surface area contributed by atoms with Crippen molar-refractivity contribution in [2.24, 2.45) is 0 Å². The number of hydrogen-bond donors (Lipinski definition) is 1. The molecule has 0 aliphatic carbocycles. The van der Waals surface area contributed by atoms with Gasteiger partial charge in [0.1, 0.15) is 12.4 Å². The number of nitrogens with zero attached hydrogens (tertiary/aromatic N) is 3. The van der Waals surface area contributed by atoms with E-state index in [9.17, 15) is 4.79 Å². The van der Waals surface area contributed by atoms with Crippen LogP contribution in [0.3, 0.4) is 0 Å². The van der Waals surface area contributed by atoms with Crippen molar-refractivity contribution in [3.05, 3.63) is 66.9 Å². The van der Waals surface area contributed by atoms with Gasteiger partial charge in [-0.25, -0.2) is 4.98 Å². The van der Waals surface area contributed by atoms with Crippen LogP contribution in [0.25, 0.3) is 22.5 Å². The van der Waals surface area contributed by atoms with Crippen molar-refractivity contribution >= 4 is 23.3 Å². The van der Waals surface area contributed by atoms with Gasteiger partial charge in [0.25, 0.3) is 0 Å². The second-order valence-corrected chi connectivity index (χ2v) is 8.08. The van der Waals surface area contributed by atoms with Crippen LogP contribution in [0.15, 0.2) is 66.9 Å². The fraction of sp³-hybridized carbons (Fsp3) is 0.346. The number of nitrogens with one attached hydrogen (secondary N) is 1. The van der Waals surface area contributed by atoms with Gasteiger partial charge in [-0.3, -0.25) is 9.78 Å². The molecule has 0 atom stereocenters. The molecule has 35 heavy (non-hydrogen) atoms. The molecule has 1 N–H and O–H groups in total. The SMILES string of the molecule is CNC(=O)COCCCCN(c1cnc(-c2ccccc2)c(-c2ccccc2)n1)C(C)C.O=S=O. The minimum Gasteiger partial charge on any atom is -0.372 e. The molecule has 0 bridgehead atoms. The predicted molar refractivity (Wildman–Crippen MR) is 138 cm³/mol. The maximum atomic E-state index is 11.2. The minimum absolute atomic E-state index is 0.101. The van der Waals surface area contributed by atoms with Crippen LogP contribution < -0.4 is 10.2 Å². The number of ether oxygens (including phenoxy) is 1. The molecule has 2 aromatic carbocycles. The van der Waals surface area contributed by atoms with Gasteiger partial charge >= 0.3 is 11.6 Å². The lowest BCUT2D eigenvalue weighted by Crippen LogP contribution is -2.33. The topological polar surface area (TPSA) is 101 Å². The summed E-state index contributed by atoms with van der Waals surface area (Å²) in [5, 5.41) is 2.56. The first-order valence-electron chi connectivity index (χ1n) is 11.5. The van der Waals surface area contributed by atoms with E-state index in [4.69, 9.17) is 23.1 Å². The van der Waals surface area contributed by atoms with Gasteiger partial charge in [-0.05, 0) is 26.7 Å². The van der Waals surface area contributed by atoms with E-state index in [1.165, 1.54) is 0 Å². The Kier molecular flexibility index (Phi) is 12.3. The second kappa shape index (κ2) is 15.5. The lowest BCUT2D eigenvalue weighted by Gasteiger charge is -2.28. The highest BCUT2D eigenvalue weighted by Crippen LogP contribution is 2.30. The smallest absolute Gasteiger partial charge is 0.335 e. The number of anilines is 1. The first-order valence-corrected chi connectivity index (χ1v) is 12.1. The molecular formula is C26H32N4O4S. The van der Waals surface area contributed by atoms with Crippen molar-refractivity contribution in [1.82, 2.24) is 15.3 Å². The van der Waals surface area contributed by atoms with E-state index >= 15 is 0 Å². The van der Waals surface area contributed by atoms with Crippen LogP contribution in [0.1, 0.15) is 26.7 Å². The number of amides is 1. The lowest BCUT2D eigenvalue weighted by molar-refractivity contribution is -0.125. The molecule has 0 fully saturated rings. The molecule has 9 heteroatoms. The summed E-state index contributed by atoms with van der Waals surface area (Å²) in [6.45, 7) is 5.84. The van der Waals surface area contributed by atoms with Crippen molar-refractivity contribution in [3.63, 3.8) is 0 Å². The summed E-state index contributed by atoms with van der Waals surface area (Å²) in [5.74, 6) is 0.765. The molecule has 186 valence electrons.